The minimum atomic E-state index is -1.16. The van der Waals surface area contributed by atoms with Gasteiger partial charge in [-0.15, -0.1) is 0 Å². The van der Waals surface area contributed by atoms with E-state index in [0.717, 1.165) is 11.1 Å². The quantitative estimate of drug-likeness (QED) is 0.930. The van der Waals surface area contributed by atoms with E-state index in [0.29, 0.717) is 30.9 Å². The van der Waals surface area contributed by atoms with E-state index < -0.39 is 11.8 Å². The predicted octanol–water partition coefficient (Wildman–Crippen LogP) is 1.60. The van der Waals surface area contributed by atoms with Crippen molar-refractivity contribution < 1.29 is 19.1 Å². The van der Waals surface area contributed by atoms with Crippen molar-refractivity contribution in [2.75, 3.05) is 13.2 Å². The summed E-state index contributed by atoms with van der Waals surface area (Å²) in [5.41, 5.74) is 7.88. The second-order valence-corrected chi connectivity index (χ2v) is 5.78. The topological polar surface area (TPSA) is 81.9 Å². The number of fused-ring (bicyclic) bond motifs is 2. The number of carbonyl (C=O) groups is 2. The molecule has 6 heteroatoms. The summed E-state index contributed by atoms with van der Waals surface area (Å²) in [4.78, 5) is 25.6. The predicted molar refractivity (Wildman–Crippen MR) is 84.9 cm³/mol. The molecule has 2 heterocycles. The molecule has 2 amide bonds. The van der Waals surface area contributed by atoms with Crippen LogP contribution in [-0.2, 0) is 21.9 Å². The first kappa shape index (κ1) is 14.9. The van der Waals surface area contributed by atoms with E-state index in [4.69, 9.17) is 15.2 Å². The Kier molecular flexibility index (Phi) is 3.37. The smallest absolute Gasteiger partial charge is 0.284 e. The summed E-state index contributed by atoms with van der Waals surface area (Å²) in [5, 5.41) is 0. The fraction of sp³-hybridized carbons (Fsp3) is 0.222. The van der Waals surface area contributed by atoms with Gasteiger partial charge in [-0.25, -0.2) is 0 Å². The highest BCUT2D eigenvalue weighted by Gasteiger charge is 2.54. The Morgan fingerprint density at radius 1 is 1.08 bits per heavy atom. The highest BCUT2D eigenvalue weighted by atomic mass is 16.8. The highest BCUT2D eigenvalue weighted by Crippen LogP contribution is 2.44. The Labute approximate surface area is 138 Å². The molecular formula is C18H16N2O4. The lowest BCUT2D eigenvalue weighted by molar-refractivity contribution is -0.247. The van der Waals surface area contributed by atoms with Gasteiger partial charge >= 0.3 is 0 Å². The van der Waals surface area contributed by atoms with Gasteiger partial charge in [0.15, 0.2) is 0 Å². The number of benzene rings is 2. The van der Waals surface area contributed by atoms with Gasteiger partial charge in [-0.2, -0.15) is 0 Å². The van der Waals surface area contributed by atoms with Gasteiger partial charge in [0.2, 0.25) is 5.91 Å². The molecule has 0 radical (unpaired) electrons. The number of primary amides is 1. The van der Waals surface area contributed by atoms with Gasteiger partial charge in [0, 0.05) is 11.1 Å². The number of hydrogen-bond donors (Lipinski definition) is 1. The lowest BCUT2D eigenvalue weighted by Gasteiger charge is -2.33. The molecule has 6 nitrogen and oxygen atoms in total. The molecule has 2 aliphatic heterocycles. The molecule has 0 atom stereocenters. The molecule has 0 aromatic heterocycles. The van der Waals surface area contributed by atoms with E-state index >= 15 is 0 Å². The molecule has 122 valence electrons. The van der Waals surface area contributed by atoms with Crippen LogP contribution in [0, 0.1) is 0 Å². The lowest BCUT2D eigenvalue weighted by atomic mass is 10.1. The summed E-state index contributed by atoms with van der Waals surface area (Å²) in [6.45, 7) is 1.17. The van der Waals surface area contributed by atoms with E-state index in [1.165, 1.54) is 0 Å². The van der Waals surface area contributed by atoms with Gasteiger partial charge < -0.3 is 15.2 Å². The molecule has 2 aliphatic rings. The average Bonchev–Trinajstić information content (AvgIpc) is 3.17. The molecule has 2 aromatic rings. The molecule has 1 spiro atoms. The van der Waals surface area contributed by atoms with Gasteiger partial charge in [0.25, 0.3) is 11.8 Å². The third-order valence-corrected chi connectivity index (χ3v) is 4.36. The van der Waals surface area contributed by atoms with Crippen LogP contribution in [0.5, 0.6) is 0 Å². The minimum absolute atomic E-state index is 0.133. The maximum Gasteiger partial charge on any atom is 0.284 e. The van der Waals surface area contributed by atoms with Crippen LogP contribution in [0.15, 0.2) is 48.5 Å². The number of carbonyl (C=O) groups excluding carboxylic acids is 2. The van der Waals surface area contributed by atoms with Crippen LogP contribution >= 0.6 is 0 Å². The van der Waals surface area contributed by atoms with Crippen molar-refractivity contribution in [3.63, 3.8) is 0 Å². The zero-order valence-electron chi connectivity index (χ0n) is 12.9. The molecule has 0 aliphatic carbocycles. The summed E-state index contributed by atoms with van der Waals surface area (Å²) in [6.07, 6.45) is 0. The van der Waals surface area contributed by atoms with E-state index in [1.807, 2.05) is 18.2 Å². The van der Waals surface area contributed by atoms with E-state index in [2.05, 4.69) is 0 Å². The van der Waals surface area contributed by atoms with Gasteiger partial charge in [-0.3, -0.25) is 14.5 Å². The standard InChI is InChI=1S/C18H16N2O4/c19-16(21)13-7-5-12(6-8-13)11-20-17(22)14-3-1-2-4-15(14)18(20)23-9-10-24-18/h1-8H,9-11H2,(H2,19,21). The number of amides is 2. The summed E-state index contributed by atoms with van der Waals surface area (Å²) in [6, 6.07) is 14.2. The molecule has 2 N–H and O–H groups in total. The van der Waals surface area contributed by atoms with Crippen LogP contribution in [-0.4, -0.2) is 29.9 Å². The first-order valence-electron chi connectivity index (χ1n) is 7.70. The largest absolute Gasteiger partial charge is 0.366 e. The second kappa shape index (κ2) is 5.43. The van der Waals surface area contributed by atoms with Crippen molar-refractivity contribution in [3.05, 3.63) is 70.8 Å². The fourth-order valence-electron chi connectivity index (χ4n) is 3.22. The molecule has 2 aromatic carbocycles. The van der Waals surface area contributed by atoms with Crippen LogP contribution in [0.1, 0.15) is 31.8 Å². The highest BCUT2D eigenvalue weighted by molar-refractivity contribution is 5.99. The van der Waals surface area contributed by atoms with Gasteiger partial charge in [0.05, 0.1) is 25.3 Å². The maximum absolute atomic E-state index is 12.8. The van der Waals surface area contributed by atoms with Crippen molar-refractivity contribution >= 4 is 11.8 Å². The number of ether oxygens (including phenoxy) is 2. The Hall–Kier alpha value is -2.70. The van der Waals surface area contributed by atoms with Crippen LogP contribution < -0.4 is 5.73 Å². The Bertz CT molecular complexity index is 810. The number of nitrogens with zero attached hydrogens (tertiary/aromatic N) is 1. The van der Waals surface area contributed by atoms with E-state index in [9.17, 15) is 9.59 Å². The van der Waals surface area contributed by atoms with Crippen molar-refractivity contribution in [1.29, 1.82) is 0 Å². The van der Waals surface area contributed by atoms with Gasteiger partial charge in [-0.05, 0) is 23.8 Å². The summed E-state index contributed by atoms with van der Waals surface area (Å²) in [5.74, 6) is -1.77. The van der Waals surface area contributed by atoms with Crippen LogP contribution in [0.25, 0.3) is 0 Å². The number of hydrogen-bond acceptors (Lipinski definition) is 4. The molecule has 0 unspecified atom stereocenters. The van der Waals surface area contributed by atoms with Crippen LogP contribution in [0.4, 0.5) is 0 Å². The second-order valence-electron chi connectivity index (χ2n) is 5.78. The minimum Gasteiger partial charge on any atom is -0.366 e. The summed E-state index contributed by atoms with van der Waals surface area (Å²) in [7, 11) is 0. The van der Waals surface area contributed by atoms with Gasteiger partial charge in [0.1, 0.15) is 0 Å². The first-order chi connectivity index (χ1) is 11.6. The van der Waals surface area contributed by atoms with Crippen LogP contribution in [0.2, 0.25) is 0 Å². The third-order valence-electron chi connectivity index (χ3n) is 4.36. The Balaban J connectivity index is 1.69. The molecule has 0 bridgehead atoms. The first-order valence-corrected chi connectivity index (χ1v) is 7.70. The molecule has 0 saturated carbocycles. The Morgan fingerprint density at radius 3 is 2.42 bits per heavy atom. The maximum atomic E-state index is 12.8. The summed E-state index contributed by atoms with van der Waals surface area (Å²) < 4.78 is 11.7. The lowest BCUT2D eigenvalue weighted by Crippen LogP contribution is -2.44. The number of nitrogens with two attached hydrogens (primary N) is 1. The normalized spacial score (nSPS) is 18.2. The third kappa shape index (κ3) is 2.11. The average molecular weight is 324 g/mol. The zero-order chi connectivity index (χ0) is 16.7. The number of rotatable bonds is 3. The van der Waals surface area contributed by atoms with E-state index in [-0.39, 0.29) is 5.91 Å². The van der Waals surface area contributed by atoms with Gasteiger partial charge in [-0.1, -0.05) is 30.3 Å². The van der Waals surface area contributed by atoms with Crippen molar-refractivity contribution in [2.24, 2.45) is 5.73 Å². The van der Waals surface area contributed by atoms with Crippen LogP contribution in [0.3, 0.4) is 0 Å². The monoisotopic (exact) mass is 324 g/mol. The van der Waals surface area contributed by atoms with Crippen molar-refractivity contribution in [3.8, 4) is 0 Å². The zero-order valence-corrected chi connectivity index (χ0v) is 12.9. The summed E-state index contributed by atoms with van der Waals surface area (Å²) >= 11 is 0. The van der Waals surface area contributed by atoms with Crippen molar-refractivity contribution in [2.45, 2.75) is 12.5 Å². The molecule has 24 heavy (non-hydrogen) atoms. The molecule has 1 saturated heterocycles. The van der Waals surface area contributed by atoms with E-state index in [1.54, 1.807) is 35.2 Å². The molecule has 1 fully saturated rings. The molecule has 4 rings (SSSR count). The Morgan fingerprint density at radius 2 is 1.75 bits per heavy atom. The molecular weight excluding hydrogens is 308 g/mol. The fourth-order valence-corrected chi connectivity index (χ4v) is 3.22. The SMILES string of the molecule is NC(=O)c1ccc(CN2C(=O)c3ccccc3C23OCCO3)cc1. The van der Waals surface area contributed by atoms with Crippen molar-refractivity contribution in [1.82, 2.24) is 4.90 Å².